The lowest BCUT2D eigenvalue weighted by Gasteiger charge is -2.28. The molecule has 2 aromatic carbocycles. The van der Waals surface area contributed by atoms with Gasteiger partial charge in [-0.05, 0) is 36.8 Å². The van der Waals surface area contributed by atoms with Crippen LogP contribution in [0.1, 0.15) is 32.4 Å². The Bertz CT molecular complexity index is 977. The van der Waals surface area contributed by atoms with Gasteiger partial charge in [-0.2, -0.15) is 0 Å². The van der Waals surface area contributed by atoms with E-state index in [-0.39, 0.29) is 17.3 Å². The number of aliphatic hydroxyl groups is 1. The second-order valence-electron chi connectivity index (χ2n) is 7.78. The Hall–Kier alpha value is -3.28. The van der Waals surface area contributed by atoms with Crippen molar-refractivity contribution in [1.82, 2.24) is 0 Å². The summed E-state index contributed by atoms with van der Waals surface area (Å²) >= 11 is 0. The summed E-state index contributed by atoms with van der Waals surface area (Å²) in [5, 5.41) is 10.7. The van der Waals surface area contributed by atoms with Gasteiger partial charge in [-0.1, -0.05) is 32.0 Å². The summed E-state index contributed by atoms with van der Waals surface area (Å²) in [7, 11) is 3.89. The van der Waals surface area contributed by atoms with Gasteiger partial charge in [0.25, 0.3) is 5.91 Å². The van der Waals surface area contributed by atoms with Crippen molar-refractivity contribution in [2.75, 3.05) is 30.5 Å². The molecule has 0 aliphatic carbocycles. The Balaban J connectivity index is 2.14. The van der Waals surface area contributed by atoms with Crippen molar-refractivity contribution in [3.05, 3.63) is 65.4 Å². The molecule has 0 aromatic heterocycles. The van der Waals surface area contributed by atoms with Gasteiger partial charge in [0, 0.05) is 37.5 Å². The first kappa shape index (κ1) is 21.4. The minimum Gasteiger partial charge on any atom is -0.503 e. The first-order chi connectivity index (χ1) is 14.3. The molecule has 0 saturated carbocycles. The minimum absolute atomic E-state index is 0.134. The molecular weight excluding hydrogens is 380 g/mol. The molecule has 1 aliphatic rings. The van der Waals surface area contributed by atoms with Gasteiger partial charge in [0.1, 0.15) is 5.75 Å². The van der Waals surface area contributed by atoms with Crippen LogP contribution in [0, 0.1) is 5.92 Å². The summed E-state index contributed by atoms with van der Waals surface area (Å²) < 4.78 is 5.58. The van der Waals surface area contributed by atoms with E-state index in [0.29, 0.717) is 18.0 Å². The number of aliphatic hydroxyl groups excluding tert-OH is 1. The molecule has 6 nitrogen and oxygen atoms in total. The number of nitrogens with zero attached hydrogens (tertiary/aromatic N) is 2. The largest absolute Gasteiger partial charge is 0.503 e. The van der Waals surface area contributed by atoms with Crippen LogP contribution in [-0.2, 0) is 9.59 Å². The van der Waals surface area contributed by atoms with Crippen molar-refractivity contribution >= 4 is 23.1 Å². The van der Waals surface area contributed by atoms with E-state index in [9.17, 15) is 14.7 Å². The van der Waals surface area contributed by atoms with Crippen molar-refractivity contribution in [1.29, 1.82) is 0 Å². The number of rotatable bonds is 7. The van der Waals surface area contributed by atoms with Crippen LogP contribution in [0.2, 0.25) is 0 Å². The van der Waals surface area contributed by atoms with Crippen molar-refractivity contribution < 1.29 is 19.4 Å². The summed E-state index contributed by atoms with van der Waals surface area (Å²) in [6.45, 7) is 5.90. The van der Waals surface area contributed by atoms with Gasteiger partial charge in [-0.25, -0.2) is 0 Å². The molecule has 2 aromatic rings. The molecule has 1 amide bonds. The van der Waals surface area contributed by atoms with Crippen LogP contribution in [-0.4, -0.2) is 37.5 Å². The Labute approximate surface area is 177 Å². The Kier molecular flexibility index (Phi) is 6.15. The van der Waals surface area contributed by atoms with Crippen LogP contribution in [0.4, 0.5) is 11.4 Å². The number of hydrogen-bond acceptors (Lipinski definition) is 5. The molecule has 0 spiro atoms. The summed E-state index contributed by atoms with van der Waals surface area (Å²) in [5.41, 5.74) is 2.45. The van der Waals surface area contributed by atoms with E-state index >= 15 is 0 Å². The highest BCUT2D eigenvalue weighted by Crippen LogP contribution is 2.42. The zero-order valence-electron chi connectivity index (χ0n) is 18.0. The van der Waals surface area contributed by atoms with E-state index in [1.165, 1.54) is 4.90 Å². The lowest BCUT2D eigenvalue weighted by molar-refractivity contribution is -0.119. The standard InChI is InChI=1S/C24H28N2O4/c1-6-30-19-9-7-8-18(14-19)26-21(16-10-12-17(13-11-16)25(4)5)20(22(27)15(2)3)23(28)24(26)29/h7-15,21,28H,6H2,1-5H3. The number of carbonyl (C=O) groups excluding carboxylic acids is 2. The van der Waals surface area contributed by atoms with E-state index in [0.717, 1.165) is 11.3 Å². The smallest absolute Gasteiger partial charge is 0.294 e. The van der Waals surface area contributed by atoms with Crippen molar-refractivity contribution in [2.24, 2.45) is 5.92 Å². The number of amides is 1. The first-order valence-electron chi connectivity index (χ1n) is 10.1. The van der Waals surface area contributed by atoms with Crippen molar-refractivity contribution in [3.8, 4) is 5.75 Å². The fourth-order valence-corrected chi connectivity index (χ4v) is 3.59. The molecular formula is C24H28N2O4. The zero-order valence-corrected chi connectivity index (χ0v) is 18.0. The molecule has 158 valence electrons. The van der Waals surface area contributed by atoms with Crippen LogP contribution in [0.25, 0.3) is 0 Å². The number of hydrogen-bond donors (Lipinski definition) is 1. The second-order valence-corrected chi connectivity index (χ2v) is 7.78. The zero-order chi connectivity index (χ0) is 22.0. The summed E-state index contributed by atoms with van der Waals surface area (Å²) in [4.78, 5) is 29.5. The van der Waals surface area contributed by atoms with Gasteiger partial charge in [-0.15, -0.1) is 0 Å². The van der Waals surface area contributed by atoms with E-state index < -0.39 is 17.7 Å². The average molecular weight is 408 g/mol. The van der Waals surface area contributed by atoms with Gasteiger partial charge >= 0.3 is 0 Å². The molecule has 0 bridgehead atoms. The van der Waals surface area contributed by atoms with Crippen molar-refractivity contribution in [3.63, 3.8) is 0 Å². The Morgan fingerprint density at radius 1 is 1.17 bits per heavy atom. The molecule has 0 saturated heterocycles. The predicted octanol–water partition coefficient (Wildman–Crippen LogP) is 4.28. The second kappa shape index (κ2) is 8.61. The fourth-order valence-electron chi connectivity index (χ4n) is 3.59. The third-order valence-electron chi connectivity index (χ3n) is 5.13. The number of ether oxygens (including phenoxy) is 1. The van der Waals surface area contributed by atoms with Crippen LogP contribution in [0.3, 0.4) is 0 Å². The number of anilines is 2. The molecule has 1 heterocycles. The number of ketones is 1. The van der Waals surface area contributed by atoms with E-state index in [4.69, 9.17) is 4.74 Å². The van der Waals surface area contributed by atoms with Gasteiger partial charge in [0.15, 0.2) is 11.5 Å². The first-order valence-corrected chi connectivity index (χ1v) is 10.1. The summed E-state index contributed by atoms with van der Waals surface area (Å²) in [6.07, 6.45) is 0. The Morgan fingerprint density at radius 3 is 2.40 bits per heavy atom. The number of Topliss-reactive ketones (excluding diaryl/α,β-unsaturated/α-hetero) is 1. The molecule has 1 aliphatic heterocycles. The monoisotopic (exact) mass is 408 g/mol. The molecule has 1 N–H and O–H groups in total. The highest BCUT2D eigenvalue weighted by molar-refractivity contribution is 6.16. The van der Waals surface area contributed by atoms with Crippen LogP contribution < -0.4 is 14.5 Å². The van der Waals surface area contributed by atoms with Crippen LogP contribution in [0.15, 0.2) is 59.9 Å². The normalized spacial score (nSPS) is 16.4. The van der Waals surface area contributed by atoms with Gasteiger partial charge in [0.2, 0.25) is 0 Å². The van der Waals surface area contributed by atoms with E-state index in [1.807, 2.05) is 56.3 Å². The van der Waals surface area contributed by atoms with Gasteiger partial charge in [-0.3, -0.25) is 14.5 Å². The third kappa shape index (κ3) is 3.90. The Morgan fingerprint density at radius 2 is 1.83 bits per heavy atom. The fraction of sp³-hybridized carbons (Fsp3) is 0.333. The number of carbonyl (C=O) groups is 2. The highest BCUT2D eigenvalue weighted by Gasteiger charge is 2.44. The molecule has 0 radical (unpaired) electrons. The van der Waals surface area contributed by atoms with Gasteiger partial charge < -0.3 is 14.7 Å². The minimum atomic E-state index is -0.708. The van der Waals surface area contributed by atoms with E-state index in [2.05, 4.69) is 0 Å². The maximum atomic E-state index is 13.1. The lowest BCUT2D eigenvalue weighted by Crippen LogP contribution is -2.31. The summed E-state index contributed by atoms with van der Waals surface area (Å²) in [5.74, 6) is -1.06. The van der Waals surface area contributed by atoms with Gasteiger partial charge in [0.05, 0.1) is 18.2 Å². The molecule has 1 atom stereocenters. The molecule has 6 heteroatoms. The van der Waals surface area contributed by atoms with Crippen LogP contribution in [0.5, 0.6) is 5.75 Å². The third-order valence-corrected chi connectivity index (χ3v) is 5.13. The highest BCUT2D eigenvalue weighted by atomic mass is 16.5. The molecule has 30 heavy (non-hydrogen) atoms. The quantitative estimate of drug-likeness (QED) is 0.741. The molecule has 0 fully saturated rings. The lowest BCUT2D eigenvalue weighted by atomic mass is 9.91. The maximum absolute atomic E-state index is 13.1. The SMILES string of the molecule is CCOc1cccc(N2C(=O)C(O)=C(C(=O)C(C)C)C2c2ccc(N(C)C)cc2)c1. The average Bonchev–Trinajstić information content (AvgIpc) is 2.98. The maximum Gasteiger partial charge on any atom is 0.294 e. The molecule has 1 unspecified atom stereocenters. The molecule has 3 rings (SSSR count). The predicted molar refractivity (Wildman–Crippen MR) is 118 cm³/mol. The topological polar surface area (TPSA) is 70.1 Å². The number of benzene rings is 2. The van der Waals surface area contributed by atoms with E-state index in [1.54, 1.807) is 32.0 Å². The van der Waals surface area contributed by atoms with Crippen molar-refractivity contribution in [2.45, 2.75) is 26.8 Å². The summed E-state index contributed by atoms with van der Waals surface area (Å²) in [6, 6.07) is 14.1. The van der Waals surface area contributed by atoms with Crippen LogP contribution >= 0.6 is 0 Å².